The van der Waals surface area contributed by atoms with Gasteiger partial charge in [0.25, 0.3) is 0 Å². The van der Waals surface area contributed by atoms with Crippen molar-refractivity contribution in [2.45, 2.75) is 51.7 Å². The van der Waals surface area contributed by atoms with Gasteiger partial charge in [0.05, 0.1) is 6.04 Å². The molecule has 23 heavy (non-hydrogen) atoms. The van der Waals surface area contributed by atoms with Crippen LogP contribution in [0.4, 0.5) is 10.7 Å². The summed E-state index contributed by atoms with van der Waals surface area (Å²) in [5, 5.41) is 0.412. The van der Waals surface area contributed by atoms with Gasteiger partial charge in [-0.05, 0) is 46.1 Å². The second-order valence-corrected chi connectivity index (χ2v) is 7.27. The van der Waals surface area contributed by atoms with Gasteiger partial charge in [-0.1, -0.05) is 11.6 Å². The van der Waals surface area contributed by atoms with Crippen molar-refractivity contribution < 1.29 is 9.53 Å². The first-order chi connectivity index (χ1) is 10.8. The van der Waals surface area contributed by atoms with Crippen LogP contribution in [0, 0.1) is 0 Å². The second kappa shape index (κ2) is 7.34. The van der Waals surface area contributed by atoms with Crippen molar-refractivity contribution in [3.8, 4) is 0 Å². The molecular formula is C16H25ClN4O2. The first-order valence-electron chi connectivity index (χ1n) is 7.95. The van der Waals surface area contributed by atoms with Crippen LogP contribution < -0.4 is 4.90 Å². The third-order valence-corrected chi connectivity index (χ3v) is 3.90. The first kappa shape index (κ1) is 17.8. The minimum atomic E-state index is -0.485. The quantitative estimate of drug-likeness (QED) is 0.790. The number of likely N-dealkylation sites (tertiary alicyclic amines) is 1. The number of carbonyl (C=O) groups excluding carboxylic acids is 1. The molecule has 1 saturated heterocycles. The summed E-state index contributed by atoms with van der Waals surface area (Å²) in [6.45, 7) is 7.03. The third-order valence-electron chi connectivity index (χ3n) is 3.69. The molecule has 1 amide bonds. The molecule has 7 heteroatoms. The number of ether oxygens (including phenoxy) is 1. The lowest BCUT2D eigenvalue weighted by molar-refractivity contribution is 0.0108. The summed E-state index contributed by atoms with van der Waals surface area (Å²) in [7, 11) is 1.91. The molecule has 1 aliphatic rings. The van der Waals surface area contributed by atoms with Gasteiger partial charge in [0.2, 0.25) is 5.95 Å². The molecule has 0 spiro atoms. The zero-order valence-electron chi connectivity index (χ0n) is 14.3. The van der Waals surface area contributed by atoms with Crippen molar-refractivity contribution in [3.05, 3.63) is 17.4 Å². The van der Waals surface area contributed by atoms with E-state index >= 15 is 0 Å². The van der Waals surface area contributed by atoms with E-state index in [1.807, 2.05) is 37.6 Å². The Bertz CT molecular complexity index is 547. The van der Waals surface area contributed by atoms with Gasteiger partial charge in [-0.2, -0.15) is 0 Å². The number of carbonyl (C=O) groups is 1. The summed E-state index contributed by atoms with van der Waals surface area (Å²) >= 11 is 5.92. The van der Waals surface area contributed by atoms with Crippen LogP contribution in [-0.2, 0) is 4.74 Å². The fourth-order valence-corrected chi connectivity index (χ4v) is 2.79. The molecule has 0 radical (unpaired) electrons. The molecule has 1 aliphatic heterocycles. The number of likely N-dealkylation sites (N-methyl/N-ethyl adjacent to an activating group) is 1. The van der Waals surface area contributed by atoms with E-state index in [2.05, 4.69) is 9.97 Å². The second-order valence-electron chi connectivity index (χ2n) is 6.88. The fourth-order valence-electron chi connectivity index (χ4n) is 2.66. The van der Waals surface area contributed by atoms with Gasteiger partial charge in [-0.25, -0.2) is 14.8 Å². The van der Waals surface area contributed by atoms with Crippen LogP contribution in [0.1, 0.15) is 40.0 Å². The Labute approximate surface area is 142 Å². The predicted octanol–water partition coefficient (Wildman–Crippen LogP) is 3.36. The molecule has 128 valence electrons. The predicted molar refractivity (Wildman–Crippen MR) is 90.9 cm³/mol. The minimum absolute atomic E-state index is 0.0891. The SMILES string of the molecule is CN(CC1CCCCN1C(=O)OC(C)(C)C)c1nccc(Cl)n1. The summed E-state index contributed by atoms with van der Waals surface area (Å²) in [6.07, 6.45) is 4.45. The molecule has 0 N–H and O–H groups in total. The van der Waals surface area contributed by atoms with Gasteiger partial charge in [-0.15, -0.1) is 0 Å². The highest BCUT2D eigenvalue weighted by Gasteiger charge is 2.31. The van der Waals surface area contributed by atoms with Crippen LogP contribution in [-0.4, -0.2) is 52.7 Å². The van der Waals surface area contributed by atoms with E-state index in [-0.39, 0.29) is 12.1 Å². The summed E-state index contributed by atoms with van der Waals surface area (Å²) in [4.78, 5) is 24.6. The summed E-state index contributed by atoms with van der Waals surface area (Å²) in [5.74, 6) is 0.562. The maximum Gasteiger partial charge on any atom is 0.410 e. The molecule has 1 aromatic heterocycles. The zero-order chi connectivity index (χ0) is 17.0. The molecule has 1 fully saturated rings. The van der Waals surface area contributed by atoms with Crippen LogP contribution in [0.25, 0.3) is 0 Å². The molecule has 2 heterocycles. The number of piperidine rings is 1. The third kappa shape index (κ3) is 5.23. The lowest BCUT2D eigenvalue weighted by atomic mass is 10.0. The number of hydrogen-bond acceptors (Lipinski definition) is 5. The molecule has 1 atom stereocenters. The number of nitrogens with zero attached hydrogens (tertiary/aromatic N) is 4. The number of aromatic nitrogens is 2. The molecule has 6 nitrogen and oxygen atoms in total. The first-order valence-corrected chi connectivity index (χ1v) is 8.33. The Balaban J connectivity index is 2.05. The van der Waals surface area contributed by atoms with Gasteiger partial charge in [0, 0.05) is 26.3 Å². The van der Waals surface area contributed by atoms with E-state index in [1.165, 1.54) is 0 Å². The monoisotopic (exact) mass is 340 g/mol. The van der Waals surface area contributed by atoms with Gasteiger partial charge in [-0.3, -0.25) is 0 Å². The molecular weight excluding hydrogens is 316 g/mol. The van der Waals surface area contributed by atoms with Crippen LogP contribution in [0.5, 0.6) is 0 Å². The number of hydrogen-bond donors (Lipinski definition) is 0. The molecule has 0 aliphatic carbocycles. The smallest absolute Gasteiger partial charge is 0.410 e. The van der Waals surface area contributed by atoms with Gasteiger partial charge in [0.15, 0.2) is 0 Å². The van der Waals surface area contributed by atoms with Crippen LogP contribution in [0.15, 0.2) is 12.3 Å². The van der Waals surface area contributed by atoms with Crippen molar-refractivity contribution in [1.82, 2.24) is 14.9 Å². The Morgan fingerprint density at radius 2 is 2.22 bits per heavy atom. The minimum Gasteiger partial charge on any atom is -0.444 e. The van der Waals surface area contributed by atoms with Crippen LogP contribution in [0.3, 0.4) is 0 Å². The van der Waals surface area contributed by atoms with Gasteiger partial charge < -0.3 is 14.5 Å². The maximum atomic E-state index is 12.4. The van der Waals surface area contributed by atoms with Crippen molar-refractivity contribution in [3.63, 3.8) is 0 Å². The summed E-state index contributed by atoms with van der Waals surface area (Å²) in [6, 6.07) is 1.73. The summed E-state index contributed by atoms with van der Waals surface area (Å²) < 4.78 is 5.53. The molecule has 0 aromatic carbocycles. The highest BCUT2D eigenvalue weighted by molar-refractivity contribution is 6.29. The van der Waals surface area contributed by atoms with Crippen LogP contribution in [0.2, 0.25) is 5.15 Å². The van der Waals surface area contributed by atoms with E-state index in [1.54, 1.807) is 12.3 Å². The molecule has 0 bridgehead atoms. The number of rotatable bonds is 3. The van der Waals surface area contributed by atoms with Crippen LogP contribution >= 0.6 is 11.6 Å². The van der Waals surface area contributed by atoms with Crippen molar-refractivity contribution in [2.24, 2.45) is 0 Å². The zero-order valence-corrected chi connectivity index (χ0v) is 15.0. The van der Waals surface area contributed by atoms with Crippen molar-refractivity contribution in [2.75, 3.05) is 25.0 Å². The van der Waals surface area contributed by atoms with E-state index in [9.17, 15) is 4.79 Å². The number of halogens is 1. The average Bonchev–Trinajstić information content (AvgIpc) is 2.46. The topological polar surface area (TPSA) is 58.6 Å². The van der Waals surface area contributed by atoms with E-state index in [4.69, 9.17) is 16.3 Å². The molecule has 1 unspecified atom stereocenters. The standard InChI is InChI=1S/C16H25ClN4O2/c1-16(2,3)23-15(22)21-10-6-5-7-12(21)11-20(4)14-18-9-8-13(17)19-14/h8-9,12H,5-7,10-11H2,1-4H3. The lowest BCUT2D eigenvalue weighted by Gasteiger charge is -2.38. The summed E-state index contributed by atoms with van der Waals surface area (Å²) in [5.41, 5.74) is -0.485. The van der Waals surface area contributed by atoms with Gasteiger partial charge in [0.1, 0.15) is 10.8 Å². The largest absolute Gasteiger partial charge is 0.444 e. The van der Waals surface area contributed by atoms with Crippen molar-refractivity contribution >= 4 is 23.6 Å². The van der Waals surface area contributed by atoms with E-state index in [0.29, 0.717) is 17.6 Å². The van der Waals surface area contributed by atoms with Gasteiger partial charge >= 0.3 is 6.09 Å². The lowest BCUT2D eigenvalue weighted by Crippen LogP contribution is -2.50. The normalized spacial score (nSPS) is 18.7. The highest BCUT2D eigenvalue weighted by atomic mass is 35.5. The molecule has 0 saturated carbocycles. The maximum absolute atomic E-state index is 12.4. The van der Waals surface area contributed by atoms with Crippen molar-refractivity contribution in [1.29, 1.82) is 0 Å². The van der Waals surface area contributed by atoms with E-state index in [0.717, 1.165) is 25.8 Å². The Morgan fingerprint density at radius 3 is 2.87 bits per heavy atom. The fraction of sp³-hybridized carbons (Fsp3) is 0.688. The Hall–Kier alpha value is -1.56. The molecule has 1 aromatic rings. The van der Waals surface area contributed by atoms with E-state index < -0.39 is 5.60 Å². The number of anilines is 1. The Morgan fingerprint density at radius 1 is 1.48 bits per heavy atom. The molecule has 2 rings (SSSR count). The highest BCUT2D eigenvalue weighted by Crippen LogP contribution is 2.22. The Kier molecular flexibility index (Phi) is 5.68. The number of amides is 1. The average molecular weight is 341 g/mol.